The van der Waals surface area contributed by atoms with Gasteiger partial charge in [-0.3, -0.25) is 14.9 Å². The van der Waals surface area contributed by atoms with Gasteiger partial charge in [0.2, 0.25) is 11.9 Å². The Labute approximate surface area is 190 Å². The number of ether oxygens (including phenoxy) is 1. The minimum Gasteiger partial charge on any atom is -0.495 e. The first-order chi connectivity index (χ1) is 15.5. The Morgan fingerprint density at radius 3 is 2.84 bits per heavy atom. The largest absolute Gasteiger partial charge is 0.495 e. The lowest BCUT2D eigenvalue weighted by molar-refractivity contribution is -0.126. The summed E-state index contributed by atoms with van der Waals surface area (Å²) in [6.45, 7) is 4.71. The molecule has 2 amide bonds. The Kier molecular flexibility index (Phi) is 6.36. The molecule has 1 aliphatic rings. The van der Waals surface area contributed by atoms with Crippen molar-refractivity contribution in [3.05, 3.63) is 53.8 Å². The fraction of sp³-hybridized carbons (Fsp3) is 0.318. The van der Waals surface area contributed by atoms with Crippen LogP contribution in [0.2, 0.25) is 5.02 Å². The third-order valence-corrected chi connectivity index (χ3v) is 5.91. The number of halogens is 1. The van der Waals surface area contributed by atoms with E-state index >= 15 is 0 Å². The molecule has 1 aromatic carbocycles. The van der Waals surface area contributed by atoms with Crippen molar-refractivity contribution in [3.8, 4) is 5.75 Å². The van der Waals surface area contributed by atoms with Crippen LogP contribution in [0.4, 0.5) is 5.95 Å². The van der Waals surface area contributed by atoms with Crippen LogP contribution in [0.1, 0.15) is 35.7 Å². The third kappa shape index (κ3) is 4.16. The van der Waals surface area contributed by atoms with Crippen molar-refractivity contribution in [1.82, 2.24) is 24.6 Å². The van der Waals surface area contributed by atoms with Crippen LogP contribution in [0.25, 0.3) is 11.0 Å². The van der Waals surface area contributed by atoms with E-state index in [9.17, 15) is 9.59 Å². The van der Waals surface area contributed by atoms with Crippen molar-refractivity contribution in [3.63, 3.8) is 0 Å². The highest BCUT2D eigenvalue weighted by atomic mass is 35.5. The van der Waals surface area contributed by atoms with Crippen molar-refractivity contribution in [2.45, 2.75) is 25.3 Å². The van der Waals surface area contributed by atoms with E-state index in [2.05, 4.69) is 27.1 Å². The lowest BCUT2D eigenvalue weighted by Gasteiger charge is -2.26. The number of rotatable bonds is 5. The summed E-state index contributed by atoms with van der Waals surface area (Å²) >= 11 is 6.69. The number of benzene rings is 1. The Balaban J connectivity index is 1.82. The average Bonchev–Trinajstić information content (AvgIpc) is 3.01. The predicted octanol–water partition coefficient (Wildman–Crippen LogP) is 3.48. The SMILES string of the molecule is C=CC(=O)N1CCCCC(n2c(NC(=O)c3ccnnc3)nc3ccc(OC)c(Cl)c32)C1. The van der Waals surface area contributed by atoms with Crippen LogP contribution in [-0.2, 0) is 4.79 Å². The Morgan fingerprint density at radius 1 is 1.28 bits per heavy atom. The average molecular weight is 455 g/mol. The van der Waals surface area contributed by atoms with Crippen molar-refractivity contribution in [2.24, 2.45) is 0 Å². The summed E-state index contributed by atoms with van der Waals surface area (Å²) in [6, 6.07) is 4.95. The number of amides is 2. The van der Waals surface area contributed by atoms with E-state index in [4.69, 9.17) is 16.3 Å². The van der Waals surface area contributed by atoms with Gasteiger partial charge in [0.25, 0.3) is 5.91 Å². The van der Waals surface area contributed by atoms with Crippen LogP contribution in [-0.4, -0.2) is 56.7 Å². The summed E-state index contributed by atoms with van der Waals surface area (Å²) in [5, 5.41) is 10.7. The van der Waals surface area contributed by atoms with Crippen LogP contribution < -0.4 is 10.1 Å². The van der Waals surface area contributed by atoms with Gasteiger partial charge in [0, 0.05) is 13.1 Å². The second-order valence-corrected chi connectivity index (χ2v) is 7.86. The third-order valence-electron chi connectivity index (χ3n) is 5.54. The molecule has 1 fully saturated rings. The number of imidazole rings is 1. The summed E-state index contributed by atoms with van der Waals surface area (Å²) in [7, 11) is 1.54. The molecule has 1 N–H and O–H groups in total. The molecule has 2 aromatic heterocycles. The molecule has 0 spiro atoms. The number of likely N-dealkylation sites (tertiary alicyclic amines) is 1. The molecule has 1 atom stereocenters. The fourth-order valence-corrected chi connectivity index (χ4v) is 4.32. The van der Waals surface area contributed by atoms with Crippen molar-refractivity contribution in [1.29, 1.82) is 0 Å². The van der Waals surface area contributed by atoms with E-state index < -0.39 is 0 Å². The van der Waals surface area contributed by atoms with E-state index in [-0.39, 0.29) is 17.9 Å². The molecule has 1 unspecified atom stereocenters. The maximum atomic E-state index is 12.9. The molecule has 10 heteroatoms. The zero-order valence-corrected chi connectivity index (χ0v) is 18.4. The molecular formula is C22H23ClN6O3. The van der Waals surface area contributed by atoms with Gasteiger partial charge in [-0.15, -0.1) is 0 Å². The fourth-order valence-electron chi connectivity index (χ4n) is 3.99. The molecule has 9 nitrogen and oxygen atoms in total. The number of hydrogen-bond acceptors (Lipinski definition) is 6. The second-order valence-electron chi connectivity index (χ2n) is 7.48. The monoisotopic (exact) mass is 454 g/mol. The quantitative estimate of drug-likeness (QED) is 0.592. The molecule has 3 heterocycles. The molecule has 1 saturated heterocycles. The summed E-state index contributed by atoms with van der Waals surface area (Å²) in [5.74, 6) is 0.352. The molecule has 166 valence electrons. The normalized spacial score (nSPS) is 16.4. The maximum Gasteiger partial charge on any atom is 0.259 e. The minimum absolute atomic E-state index is 0.126. The number of carbonyl (C=O) groups excluding carboxylic acids is 2. The predicted molar refractivity (Wildman–Crippen MR) is 121 cm³/mol. The van der Waals surface area contributed by atoms with Gasteiger partial charge >= 0.3 is 0 Å². The van der Waals surface area contributed by atoms with Gasteiger partial charge in [0.1, 0.15) is 10.8 Å². The summed E-state index contributed by atoms with van der Waals surface area (Å²) in [4.78, 5) is 31.6. The van der Waals surface area contributed by atoms with Gasteiger partial charge in [-0.05, 0) is 43.5 Å². The maximum absolute atomic E-state index is 12.9. The van der Waals surface area contributed by atoms with Crippen LogP contribution >= 0.6 is 11.6 Å². The van der Waals surface area contributed by atoms with Gasteiger partial charge in [0.05, 0.1) is 42.1 Å². The summed E-state index contributed by atoms with van der Waals surface area (Å²) in [6.07, 6.45) is 6.74. The Hall–Kier alpha value is -3.46. The standard InChI is InChI=1S/C22H23ClN6O3/c1-3-18(30)28-11-5-4-6-15(13-28)29-20-16(7-8-17(32-2)19(20)23)26-22(29)27-21(31)14-9-10-24-25-12-14/h3,7-10,12,15H,1,4-6,11,13H2,2H3,(H,26,27,31). The van der Waals surface area contributed by atoms with E-state index in [0.717, 1.165) is 19.3 Å². The van der Waals surface area contributed by atoms with E-state index in [1.807, 2.05) is 4.57 Å². The van der Waals surface area contributed by atoms with E-state index in [1.165, 1.54) is 18.5 Å². The topological polar surface area (TPSA) is 102 Å². The highest BCUT2D eigenvalue weighted by Gasteiger charge is 2.28. The summed E-state index contributed by atoms with van der Waals surface area (Å²) < 4.78 is 7.31. The van der Waals surface area contributed by atoms with Gasteiger partial charge in [-0.2, -0.15) is 10.2 Å². The Bertz CT molecular complexity index is 1160. The highest BCUT2D eigenvalue weighted by molar-refractivity contribution is 6.36. The molecule has 3 aromatic rings. The van der Waals surface area contributed by atoms with Gasteiger partial charge in [0.15, 0.2) is 0 Å². The minimum atomic E-state index is -0.368. The lowest BCUT2D eigenvalue weighted by atomic mass is 10.1. The first kappa shape index (κ1) is 21.8. The van der Waals surface area contributed by atoms with E-state index in [1.54, 1.807) is 30.2 Å². The Morgan fingerprint density at radius 2 is 2.12 bits per heavy atom. The molecular weight excluding hydrogens is 432 g/mol. The van der Waals surface area contributed by atoms with Crippen LogP contribution in [0.5, 0.6) is 5.75 Å². The van der Waals surface area contributed by atoms with Gasteiger partial charge in [-0.25, -0.2) is 4.98 Å². The lowest BCUT2D eigenvalue weighted by Crippen LogP contribution is -2.34. The molecule has 0 bridgehead atoms. The van der Waals surface area contributed by atoms with Gasteiger partial charge < -0.3 is 14.2 Å². The molecule has 4 rings (SSSR count). The molecule has 1 aliphatic heterocycles. The second kappa shape index (κ2) is 9.35. The van der Waals surface area contributed by atoms with Crippen molar-refractivity contribution < 1.29 is 14.3 Å². The van der Waals surface area contributed by atoms with Crippen LogP contribution in [0.3, 0.4) is 0 Å². The zero-order valence-electron chi connectivity index (χ0n) is 17.6. The number of nitrogens with zero attached hydrogens (tertiary/aromatic N) is 5. The molecule has 0 saturated carbocycles. The van der Waals surface area contributed by atoms with Crippen molar-refractivity contribution >= 4 is 40.4 Å². The first-order valence-corrected chi connectivity index (χ1v) is 10.6. The number of carbonyl (C=O) groups is 2. The number of methoxy groups -OCH3 is 1. The summed E-state index contributed by atoms with van der Waals surface area (Å²) in [5.41, 5.74) is 1.61. The number of fused-ring (bicyclic) bond motifs is 1. The number of hydrogen-bond donors (Lipinski definition) is 1. The van der Waals surface area contributed by atoms with E-state index in [0.29, 0.717) is 46.4 Å². The van der Waals surface area contributed by atoms with Crippen LogP contribution in [0, 0.1) is 0 Å². The smallest absolute Gasteiger partial charge is 0.259 e. The number of aromatic nitrogens is 4. The zero-order chi connectivity index (χ0) is 22.7. The number of nitrogens with one attached hydrogen (secondary N) is 1. The number of anilines is 1. The van der Waals surface area contributed by atoms with Crippen LogP contribution in [0.15, 0.2) is 43.2 Å². The van der Waals surface area contributed by atoms with Gasteiger partial charge in [-0.1, -0.05) is 18.2 Å². The molecule has 0 radical (unpaired) electrons. The molecule has 32 heavy (non-hydrogen) atoms. The highest BCUT2D eigenvalue weighted by Crippen LogP contribution is 2.38. The molecule has 0 aliphatic carbocycles. The van der Waals surface area contributed by atoms with Crippen molar-refractivity contribution in [2.75, 3.05) is 25.5 Å². The first-order valence-electron chi connectivity index (χ1n) is 10.3.